The molecule has 2 aromatic rings. The summed E-state index contributed by atoms with van der Waals surface area (Å²) in [7, 11) is 0. The molecule has 0 bridgehead atoms. The van der Waals surface area contributed by atoms with Gasteiger partial charge in [0.1, 0.15) is 5.15 Å². The van der Waals surface area contributed by atoms with Crippen LogP contribution in [-0.4, -0.2) is 15.9 Å². The lowest BCUT2D eigenvalue weighted by molar-refractivity contribution is 0.0584. The van der Waals surface area contributed by atoms with E-state index in [1.165, 1.54) is 0 Å². The van der Waals surface area contributed by atoms with Crippen molar-refractivity contribution in [3.05, 3.63) is 45.4 Å². The third-order valence-corrected chi connectivity index (χ3v) is 2.91. The number of aromatic nitrogens is 2. The fourth-order valence-corrected chi connectivity index (χ4v) is 1.56. The number of halogens is 3. The quantitative estimate of drug-likeness (QED) is 0.851. The number of H-pyrrole nitrogens is 1. The summed E-state index contributed by atoms with van der Waals surface area (Å²) in [4.78, 5) is 22.5. The zero-order valence-corrected chi connectivity index (χ0v) is 11.0. The fraction of sp³-hybridized carbons (Fsp3) is 0. The van der Waals surface area contributed by atoms with Crippen molar-refractivity contribution in [1.82, 2.24) is 9.97 Å². The lowest BCUT2D eigenvalue weighted by atomic mass is 10.3. The van der Waals surface area contributed by atoms with Crippen molar-refractivity contribution >= 4 is 46.5 Å². The molecule has 0 fully saturated rings. The lowest BCUT2D eigenvalue weighted by Gasteiger charge is -2.06. The molecule has 5 nitrogen and oxygen atoms in total. The largest absolute Gasteiger partial charge is 0.398 e. The number of aromatic amines is 1. The minimum atomic E-state index is -0.760. The van der Waals surface area contributed by atoms with Crippen LogP contribution in [0.4, 0.5) is 5.69 Å². The van der Waals surface area contributed by atoms with Crippen LogP contribution in [0.15, 0.2) is 24.3 Å². The molecule has 0 aliphatic heterocycles. The smallest absolute Gasteiger partial charge is 0.335 e. The van der Waals surface area contributed by atoms with E-state index >= 15 is 0 Å². The minimum Gasteiger partial charge on any atom is -0.335 e. The highest BCUT2D eigenvalue weighted by Gasteiger charge is 2.15. The van der Waals surface area contributed by atoms with E-state index in [1.54, 1.807) is 24.3 Å². The molecule has 0 saturated heterocycles. The molecule has 0 radical (unpaired) electrons. The van der Waals surface area contributed by atoms with Gasteiger partial charge >= 0.3 is 5.97 Å². The van der Waals surface area contributed by atoms with Gasteiger partial charge in [-0.2, -0.15) is 0 Å². The molecule has 94 valence electrons. The molecule has 18 heavy (non-hydrogen) atoms. The van der Waals surface area contributed by atoms with E-state index < -0.39 is 5.97 Å². The van der Waals surface area contributed by atoms with Gasteiger partial charge in [-0.15, -0.1) is 0 Å². The van der Waals surface area contributed by atoms with Crippen LogP contribution in [0.1, 0.15) is 10.6 Å². The second kappa shape index (κ2) is 5.48. The highest BCUT2D eigenvalue weighted by Crippen LogP contribution is 2.21. The Bertz CT molecular complexity index is 566. The maximum atomic E-state index is 11.6. The summed E-state index contributed by atoms with van der Waals surface area (Å²) in [5, 5.41) is 0.489. The van der Waals surface area contributed by atoms with Gasteiger partial charge in [-0.25, -0.2) is 15.3 Å². The third kappa shape index (κ3) is 2.87. The molecule has 2 rings (SSSR count). The average Bonchev–Trinajstić information content (AvgIpc) is 2.68. The Hall–Kier alpha value is -1.43. The summed E-state index contributed by atoms with van der Waals surface area (Å²) in [6.45, 7) is 0. The first kappa shape index (κ1) is 13.0. The molecule has 0 atom stereocenters. The molecule has 1 aromatic heterocycles. The summed E-state index contributed by atoms with van der Waals surface area (Å²) in [6.07, 6.45) is 0. The minimum absolute atomic E-state index is 0.00126. The number of rotatable bonds is 3. The lowest BCUT2D eigenvalue weighted by Crippen LogP contribution is -2.12. The van der Waals surface area contributed by atoms with Crippen LogP contribution in [0.5, 0.6) is 0 Å². The normalized spacial score (nSPS) is 10.2. The standard InChI is InChI=1S/C10H6Cl3N3O2/c11-5-3-1-2-4-6(5)16-18-10(17)9-14-7(12)8(13)15-9/h1-4,16H,(H,14,15). The molecular weight excluding hydrogens is 300 g/mol. The van der Waals surface area contributed by atoms with E-state index in [1.807, 2.05) is 0 Å². The number of imidazole rings is 1. The van der Waals surface area contributed by atoms with Crippen molar-refractivity contribution in [3.63, 3.8) is 0 Å². The molecule has 0 aliphatic carbocycles. The maximum Gasteiger partial charge on any atom is 0.398 e. The van der Waals surface area contributed by atoms with Gasteiger partial charge in [-0.1, -0.05) is 46.9 Å². The van der Waals surface area contributed by atoms with Crippen LogP contribution in [0.2, 0.25) is 15.3 Å². The predicted molar refractivity (Wildman–Crippen MR) is 69.1 cm³/mol. The van der Waals surface area contributed by atoms with Crippen LogP contribution < -0.4 is 5.48 Å². The molecule has 8 heteroatoms. The van der Waals surface area contributed by atoms with E-state index in [0.29, 0.717) is 10.7 Å². The van der Waals surface area contributed by atoms with Crippen LogP contribution >= 0.6 is 34.8 Å². The summed E-state index contributed by atoms with van der Waals surface area (Å²) in [6, 6.07) is 6.79. The predicted octanol–water partition coefficient (Wildman–Crippen LogP) is 3.55. The molecule has 0 spiro atoms. The highest BCUT2D eigenvalue weighted by atomic mass is 35.5. The van der Waals surface area contributed by atoms with E-state index in [9.17, 15) is 4.79 Å². The number of benzene rings is 1. The summed E-state index contributed by atoms with van der Waals surface area (Å²) in [5.41, 5.74) is 2.87. The Morgan fingerprint density at radius 1 is 1.28 bits per heavy atom. The van der Waals surface area contributed by atoms with Crippen molar-refractivity contribution in [2.75, 3.05) is 5.48 Å². The fourth-order valence-electron chi connectivity index (χ4n) is 1.12. The number of anilines is 1. The van der Waals surface area contributed by atoms with E-state index in [-0.39, 0.29) is 16.1 Å². The number of carbonyl (C=O) groups is 1. The molecule has 0 unspecified atom stereocenters. The van der Waals surface area contributed by atoms with Gasteiger partial charge in [0.25, 0.3) is 0 Å². The first-order valence-electron chi connectivity index (χ1n) is 4.70. The number of nitrogens with zero attached hydrogens (tertiary/aromatic N) is 1. The number of hydrogen-bond acceptors (Lipinski definition) is 4. The van der Waals surface area contributed by atoms with Crippen molar-refractivity contribution in [2.45, 2.75) is 0 Å². The van der Waals surface area contributed by atoms with Gasteiger partial charge in [0.05, 0.1) is 10.7 Å². The first-order valence-corrected chi connectivity index (χ1v) is 5.84. The molecule has 1 heterocycles. The topological polar surface area (TPSA) is 67.0 Å². The molecule has 0 aliphatic rings. The second-order valence-corrected chi connectivity index (χ2v) is 4.30. The number of carbonyl (C=O) groups excluding carboxylic acids is 1. The van der Waals surface area contributed by atoms with Crippen LogP contribution in [0.25, 0.3) is 0 Å². The molecule has 2 N–H and O–H groups in total. The van der Waals surface area contributed by atoms with Crippen LogP contribution in [-0.2, 0) is 4.84 Å². The second-order valence-electron chi connectivity index (χ2n) is 3.16. The van der Waals surface area contributed by atoms with Crippen LogP contribution in [0.3, 0.4) is 0 Å². The zero-order valence-electron chi connectivity index (χ0n) is 8.71. The van der Waals surface area contributed by atoms with Gasteiger partial charge in [0.15, 0.2) is 5.15 Å². The average molecular weight is 307 g/mol. The van der Waals surface area contributed by atoms with E-state index in [2.05, 4.69) is 15.4 Å². The summed E-state index contributed by atoms with van der Waals surface area (Å²) < 4.78 is 0. The van der Waals surface area contributed by atoms with Gasteiger partial charge in [0.2, 0.25) is 5.82 Å². The van der Waals surface area contributed by atoms with E-state index in [4.69, 9.17) is 39.6 Å². The Morgan fingerprint density at radius 2 is 2.00 bits per heavy atom. The molecule has 0 amide bonds. The Morgan fingerprint density at radius 3 is 2.61 bits per heavy atom. The van der Waals surface area contributed by atoms with Crippen molar-refractivity contribution < 1.29 is 9.63 Å². The number of nitrogens with one attached hydrogen (secondary N) is 2. The Labute approximate surface area is 117 Å². The molecular formula is C10H6Cl3N3O2. The Kier molecular flexibility index (Phi) is 3.96. The van der Waals surface area contributed by atoms with Gasteiger partial charge in [0, 0.05) is 0 Å². The molecule has 1 aromatic carbocycles. The monoisotopic (exact) mass is 305 g/mol. The van der Waals surface area contributed by atoms with Gasteiger partial charge in [-0.3, -0.25) is 0 Å². The van der Waals surface area contributed by atoms with Crippen molar-refractivity contribution in [1.29, 1.82) is 0 Å². The van der Waals surface area contributed by atoms with Crippen LogP contribution in [0, 0.1) is 0 Å². The SMILES string of the molecule is O=C(ONc1ccccc1Cl)c1nc(Cl)c(Cl)[nH]1. The van der Waals surface area contributed by atoms with E-state index in [0.717, 1.165) is 0 Å². The molecule has 0 saturated carbocycles. The van der Waals surface area contributed by atoms with Crippen molar-refractivity contribution in [2.24, 2.45) is 0 Å². The third-order valence-electron chi connectivity index (χ3n) is 1.94. The van der Waals surface area contributed by atoms with Gasteiger partial charge in [-0.05, 0) is 12.1 Å². The number of para-hydroxylation sites is 1. The highest BCUT2D eigenvalue weighted by molar-refractivity contribution is 6.40. The maximum absolute atomic E-state index is 11.6. The van der Waals surface area contributed by atoms with Crippen molar-refractivity contribution in [3.8, 4) is 0 Å². The summed E-state index contributed by atoms with van der Waals surface area (Å²) in [5.74, 6) is -0.867. The zero-order chi connectivity index (χ0) is 13.1. The number of hydrogen-bond donors (Lipinski definition) is 2. The first-order chi connectivity index (χ1) is 8.58. The Balaban J connectivity index is 2.03. The summed E-state index contributed by atoms with van der Waals surface area (Å²) >= 11 is 17.1. The van der Waals surface area contributed by atoms with Gasteiger partial charge < -0.3 is 9.82 Å².